The fraction of sp³-hybridized carbons (Fsp3) is 0.727. The van der Waals surface area contributed by atoms with Crippen molar-refractivity contribution in [2.75, 3.05) is 0 Å². The number of carbonyl (C=O) groups is 1. The predicted molar refractivity (Wildman–Crippen MR) is 52.4 cm³/mol. The van der Waals surface area contributed by atoms with Gasteiger partial charge in [-0.3, -0.25) is 4.79 Å². The molecule has 0 bridgehead atoms. The number of aliphatic hydroxyl groups is 1. The third-order valence-electron chi connectivity index (χ3n) is 2.52. The van der Waals surface area contributed by atoms with Gasteiger partial charge in [-0.1, -0.05) is 18.6 Å². The topological polar surface area (TPSA) is 37.3 Å². The monoisotopic (exact) mass is 182 g/mol. The molecule has 1 saturated carbocycles. The van der Waals surface area contributed by atoms with Crippen LogP contribution in [0, 0.1) is 5.92 Å². The largest absolute Gasteiger partial charge is 0.389 e. The van der Waals surface area contributed by atoms with E-state index in [4.69, 9.17) is 5.11 Å². The van der Waals surface area contributed by atoms with Crippen LogP contribution in [0.5, 0.6) is 0 Å². The standard InChI is InChI=1S/C11H18O2/c1-9(12)5-4-7-10-6-2-3-8-11(10)13/h4-5,9-10,12H,2-3,6-8H2,1H3/b5-4-/t9-,10?/m0/s1. The Bertz CT molecular complexity index is 194. The van der Waals surface area contributed by atoms with Crippen molar-refractivity contribution < 1.29 is 9.90 Å². The summed E-state index contributed by atoms with van der Waals surface area (Å²) in [5, 5.41) is 8.98. The predicted octanol–water partition coefficient (Wildman–Crippen LogP) is 2.07. The summed E-state index contributed by atoms with van der Waals surface area (Å²) in [6.07, 6.45) is 8.13. The van der Waals surface area contributed by atoms with Gasteiger partial charge in [0.1, 0.15) is 5.78 Å². The van der Waals surface area contributed by atoms with Crippen molar-refractivity contribution in [1.29, 1.82) is 0 Å². The van der Waals surface area contributed by atoms with Gasteiger partial charge in [0, 0.05) is 12.3 Å². The highest BCUT2D eigenvalue weighted by Crippen LogP contribution is 2.23. The molecule has 13 heavy (non-hydrogen) atoms. The molecule has 0 amide bonds. The number of hydrogen-bond acceptors (Lipinski definition) is 2. The molecule has 1 fully saturated rings. The van der Waals surface area contributed by atoms with Crippen LogP contribution in [0.2, 0.25) is 0 Å². The van der Waals surface area contributed by atoms with E-state index in [9.17, 15) is 4.79 Å². The van der Waals surface area contributed by atoms with Gasteiger partial charge in [-0.15, -0.1) is 0 Å². The molecule has 1 rings (SSSR count). The minimum atomic E-state index is -0.390. The summed E-state index contributed by atoms with van der Waals surface area (Å²) in [7, 11) is 0. The Morgan fingerprint density at radius 1 is 1.62 bits per heavy atom. The SMILES string of the molecule is C[C@H](O)/C=C\CC1CCCCC1=O. The van der Waals surface area contributed by atoms with Crippen LogP contribution < -0.4 is 0 Å². The first-order chi connectivity index (χ1) is 6.20. The van der Waals surface area contributed by atoms with Crippen molar-refractivity contribution in [3.05, 3.63) is 12.2 Å². The number of ketones is 1. The summed E-state index contributed by atoms with van der Waals surface area (Å²) < 4.78 is 0. The molecule has 0 aliphatic heterocycles. The van der Waals surface area contributed by atoms with E-state index in [2.05, 4.69) is 0 Å². The minimum Gasteiger partial charge on any atom is -0.389 e. The number of hydrogen-bond donors (Lipinski definition) is 1. The van der Waals surface area contributed by atoms with Crippen molar-refractivity contribution in [2.24, 2.45) is 5.92 Å². The molecular weight excluding hydrogens is 164 g/mol. The molecule has 0 spiro atoms. The molecule has 1 N–H and O–H groups in total. The summed E-state index contributed by atoms with van der Waals surface area (Å²) in [6.45, 7) is 1.72. The van der Waals surface area contributed by atoms with E-state index in [1.165, 1.54) is 6.42 Å². The first-order valence-corrected chi connectivity index (χ1v) is 5.07. The lowest BCUT2D eigenvalue weighted by atomic mass is 9.86. The quantitative estimate of drug-likeness (QED) is 0.678. The lowest BCUT2D eigenvalue weighted by molar-refractivity contribution is -0.124. The number of allylic oxidation sites excluding steroid dienone is 1. The molecular formula is C11H18O2. The summed E-state index contributed by atoms with van der Waals surface area (Å²) in [6, 6.07) is 0. The van der Waals surface area contributed by atoms with E-state index in [-0.39, 0.29) is 5.92 Å². The third-order valence-corrected chi connectivity index (χ3v) is 2.52. The average Bonchev–Trinajstić information content (AvgIpc) is 2.08. The number of Topliss-reactive ketones (excluding diaryl/α,β-unsaturated/α-hetero) is 1. The maximum absolute atomic E-state index is 11.4. The Morgan fingerprint density at radius 2 is 2.38 bits per heavy atom. The van der Waals surface area contributed by atoms with Crippen molar-refractivity contribution in [3.8, 4) is 0 Å². The van der Waals surface area contributed by atoms with Crippen molar-refractivity contribution >= 4 is 5.78 Å². The van der Waals surface area contributed by atoms with E-state index in [1.807, 2.05) is 6.08 Å². The Morgan fingerprint density at radius 3 is 3.00 bits per heavy atom. The van der Waals surface area contributed by atoms with Crippen molar-refractivity contribution in [2.45, 2.75) is 45.1 Å². The van der Waals surface area contributed by atoms with E-state index in [1.54, 1.807) is 13.0 Å². The van der Waals surface area contributed by atoms with Crippen molar-refractivity contribution in [3.63, 3.8) is 0 Å². The molecule has 0 radical (unpaired) electrons. The molecule has 0 heterocycles. The van der Waals surface area contributed by atoms with Gasteiger partial charge in [0.25, 0.3) is 0 Å². The van der Waals surface area contributed by atoms with Crippen LogP contribution in [-0.2, 0) is 4.79 Å². The van der Waals surface area contributed by atoms with E-state index in [0.29, 0.717) is 5.78 Å². The smallest absolute Gasteiger partial charge is 0.136 e. The van der Waals surface area contributed by atoms with Crippen molar-refractivity contribution in [1.82, 2.24) is 0 Å². The minimum absolute atomic E-state index is 0.226. The van der Waals surface area contributed by atoms with Crippen LogP contribution >= 0.6 is 0 Å². The molecule has 1 aliphatic rings. The van der Waals surface area contributed by atoms with E-state index >= 15 is 0 Å². The van der Waals surface area contributed by atoms with Crippen LogP contribution in [-0.4, -0.2) is 17.0 Å². The molecule has 2 nitrogen and oxygen atoms in total. The van der Waals surface area contributed by atoms with E-state index < -0.39 is 6.10 Å². The van der Waals surface area contributed by atoms with Gasteiger partial charge in [-0.05, 0) is 26.2 Å². The van der Waals surface area contributed by atoms with Gasteiger partial charge in [0.2, 0.25) is 0 Å². The second-order valence-electron chi connectivity index (χ2n) is 3.81. The summed E-state index contributed by atoms with van der Waals surface area (Å²) in [5.41, 5.74) is 0. The molecule has 2 heteroatoms. The Hall–Kier alpha value is -0.630. The van der Waals surface area contributed by atoms with E-state index in [0.717, 1.165) is 25.7 Å². The molecule has 0 aromatic carbocycles. The molecule has 1 unspecified atom stereocenters. The third kappa shape index (κ3) is 3.73. The number of aliphatic hydroxyl groups excluding tert-OH is 1. The Kier molecular flexibility index (Phi) is 4.16. The highest BCUT2D eigenvalue weighted by atomic mass is 16.3. The molecule has 0 saturated heterocycles. The zero-order valence-corrected chi connectivity index (χ0v) is 8.20. The van der Waals surface area contributed by atoms with Gasteiger partial charge >= 0.3 is 0 Å². The zero-order valence-electron chi connectivity index (χ0n) is 8.20. The van der Waals surface area contributed by atoms with Crippen LogP contribution in [0.15, 0.2) is 12.2 Å². The second-order valence-corrected chi connectivity index (χ2v) is 3.81. The first kappa shape index (κ1) is 10.5. The highest BCUT2D eigenvalue weighted by molar-refractivity contribution is 5.81. The summed E-state index contributed by atoms with van der Waals surface area (Å²) in [4.78, 5) is 11.4. The van der Waals surface area contributed by atoms with Crippen LogP contribution in [0.1, 0.15) is 39.0 Å². The number of rotatable bonds is 3. The lowest BCUT2D eigenvalue weighted by Gasteiger charge is -2.18. The molecule has 2 atom stereocenters. The molecule has 0 aromatic heterocycles. The fourth-order valence-electron chi connectivity index (χ4n) is 1.74. The maximum Gasteiger partial charge on any atom is 0.136 e. The van der Waals surface area contributed by atoms with Crippen LogP contribution in [0.4, 0.5) is 0 Å². The zero-order chi connectivity index (χ0) is 9.68. The van der Waals surface area contributed by atoms with Gasteiger partial charge in [-0.2, -0.15) is 0 Å². The molecule has 0 aromatic rings. The van der Waals surface area contributed by atoms with Gasteiger partial charge in [0.05, 0.1) is 6.10 Å². The molecule has 74 valence electrons. The first-order valence-electron chi connectivity index (χ1n) is 5.07. The van der Waals surface area contributed by atoms with Gasteiger partial charge < -0.3 is 5.11 Å². The average molecular weight is 182 g/mol. The Labute approximate surface area is 79.6 Å². The summed E-state index contributed by atoms with van der Waals surface area (Å²) >= 11 is 0. The maximum atomic E-state index is 11.4. The highest BCUT2D eigenvalue weighted by Gasteiger charge is 2.20. The second kappa shape index (κ2) is 5.18. The van der Waals surface area contributed by atoms with Crippen LogP contribution in [0.25, 0.3) is 0 Å². The van der Waals surface area contributed by atoms with Gasteiger partial charge in [-0.25, -0.2) is 0 Å². The Balaban J connectivity index is 2.30. The van der Waals surface area contributed by atoms with Gasteiger partial charge in [0.15, 0.2) is 0 Å². The fourth-order valence-corrected chi connectivity index (χ4v) is 1.74. The van der Waals surface area contributed by atoms with Crippen LogP contribution in [0.3, 0.4) is 0 Å². The molecule has 1 aliphatic carbocycles. The lowest BCUT2D eigenvalue weighted by Crippen LogP contribution is -2.18. The number of carbonyl (C=O) groups excluding carboxylic acids is 1. The summed E-state index contributed by atoms with van der Waals surface area (Å²) in [5.74, 6) is 0.630. The normalized spacial score (nSPS) is 26.6.